The van der Waals surface area contributed by atoms with Crippen LogP contribution in [0.5, 0.6) is 0 Å². The van der Waals surface area contributed by atoms with Crippen molar-refractivity contribution in [2.75, 3.05) is 13.2 Å². The molecule has 1 fully saturated rings. The summed E-state index contributed by atoms with van der Waals surface area (Å²) in [6, 6.07) is 2.89. The SMILES string of the molecule is Cc1ccc(C(=O)OCC(=O)N2CCCC[C@@H]2C(N)=O)s1. The number of piperidine rings is 1. The molecule has 2 amide bonds. The highest BCUT2D eigenvalue weighted by Crippen LogP contribution is 2.18. The fraction of sp³-hybridized carbons (Fsp3) is 0.500. The van der Waals surface area contributed by atoms with E-state index in [9.17, 15) is 14.4 Å². The molecule has 2 rings (SSSR count). The van der Waals surface area contributed by atoms with Crippen molar-refractivity contribution in [1.29, 1.82) is 0 Å². The summed E-state index contributed by atoms with van der Waals surface area (Å²) in [6.45, 7) is 2.00. The molecular formula is C14H18N2O4S. The minimum atomic E-state index is -0.589. The smallest absolute Gasteiger partial charge is 0.348 e. The van der Waals surface area contributed by atoms with Crippen LogP contribution in [0.3, 0.4) is 0 Å². The fourth-order valence-electron chi connectivity index (χ4n) is 2.35. The average Bonchev–Trinajstić information content (AvgIpc) is 2.91. The topological polar surface area (TPSA) is 89.7 Å². The van der Waals surface area contributed by atoms with Crippen LogP contribution in [-0.2, 0) is 14.3 Å². The van der Waals surface area contributed by atoms with Crippen molar-refractivity contribution < 1.29 is 19.1 Å². The lowest BCUT2D eigenvalue weighted by Crippen LogP contribution is -2.51. The number of primary amides is 1. The molecule has 1 aromatic rings. The number of nitrogens with zero attached hydrogens (tertiary/aromatic N) is 1. The molecular weight excluding hydrogens is 292 g/mol. The number of carbonyl (C=O) groups is 3. The van der Waals surface area contributed by atoms with E-state index in [1.165, 1.54) is 16.2 Å². The number of hydrogen-bond acceptors (Lipinski definition) is 5. The minimum absolute atomic E-state index is 0.362. The largest absolute Gasteiger partial charge is 0.451 e. The van der Waals surface area contributed by atoms with Crippen molar-refractivity contribution in [2.45, 2.75) is 32.2 Å². The molecule has 114 valence electrons. The summed E-state index contributed by atoms with van der Waals surface area (Å²) in [5.74, 6) is -1.41. The number of likely N-dealkylation sites (tertiary alicyclic amines) is 1. The molecule has 21 heavy (non-hydrogen) atoms. The lowest BCUT2D eigenvalue weighted by atomic mass is 10.0. The van der Waals surface area contributed by atoms with Gasteiger partial charge < -0.3 is 15.4 Å². The van der Waals surface area contributed by atoms with E-state index >= 15 is 0 Å². The van der Waals surface area contributed by atoms with E-state index in [1.807, 2.05) is 13.0 Å². The molecule has 1 saturated heterocycles. The third-order valence-electron chi connectivity index (χ3n) is 3.42. The van der Waals surface area contributed by atoms with Crippen molar-refractivity contribution in [3.8, 4) is 0 Å². The van der Waals surface area contributed by atoms with Crippen molar-refractivity contribution >= 4 is 29.1 Å². The van der Waals surface area contributed by atoms with Gasteiger partial charge in [-0.2, -0.15) is 0 Å². The van der Waals surface area contributed by atoms with E-state index in [0.717, 1.165) is 17.7 Å². The van der Waals surface area contributed by atoms with Crippen molar-refractivity contribution in [2.24, 2.45) is 5.73 Å². The van der Waals surface area contributed by atoms with Gasteiger partial charge in [0.15, 0.2) is 6.61 Å². The maximum atomic E-state index is 12.1. The Morgan fingerprint density at radius 3 is 2.76 bits per heavy atom. The van der Waals surface area contributed by atoms with E-state index < -0.39 is 17.9 Å². The predicted molar refractivity (Wildman–Crippen MR) is 77.9 cm³/mol. The number of rotatable bonds is 4. The Bertz CT molecular complexity index is 555. The molecule has 2 heterocycles. The molecule has 0 bridgehead atoms. The lowest BCUT2D eigenvalue weighted by Gasteiger charge is -2.33. The summed E-state index contributed by atoms with van der Waals surface area (Å²) in [7, 11) is 0. The molecule has 1 aliphatic rings. The highest BCUT2D eigenvalue weighted by molar-refractivity contribution is 7.13. The summed E-state index contributed by atoms with van der Waals surface area (Å²) >= 11 is 1.31. The van der Waals surface area contributed by atoms with Crippen molar-refractivity contribution in [3.63, 3.8) is 0 Å². The first kappa shape index (κ1) is 15.5. The summed E-state index contributed by atoms with van der Waals surface area (Å²) < 4.78 is 5.01. The van der Waals surface area contributed by atoms with Crippen LogP contribution >= 0.6 is 11.3 Å². The Hall–Kier alpha value is -1.89. The Morgan fingerprint density at radius 2 is 2.14 bits per heavy atom. The Labute approximate surface area is 126 Å². The van der Waals surface area contributed by atoms with E-state index in [0.29, 0.717) is 17.8 Å². The third-order valence-corrected chi connectivity index (χ3v) is 4.40. The molecule has 2 N–H and O–H groups in total. The van der Waals surface area contributed by atoms with Crippen LogP contribution in [0, 0.1) is 6.92 Å². The summed E-state index contributed by atoms with van der Waals surface area (Å²) in [6.07, 6.45) is 2.26. The molecule has 0 saturated carbocycles. The quantitative estimate of drug-likeness (QED) is 0.843. The van der Waals surface area contributed by atoms with Crippen LogP contribution in [0.25, 0.3) is 0 Å². The van der Waals surface area contributed by atoms with Gasteiger partial charge in [-0.15, -0.1) is 11.3 Å². The summed E-state index contributed by atoms with van der Waals surface area (Å²) in [5.41, 5.74) is 5.31. The van der Waals surface area contributed by atoms with Crippen molar-refractivity contribution in [1.82, 2.24) is 4.90 Å². The van der Waals surface area contributed by atoms with Crippen LogP contribution in [0.4, 0.5) is 0 Å². The summed E-state index contributed by atoms with van der Waals surface area (Å²) in [5, 5.41) is 0. The molecule has 0 aromatic carbocycles. The van der Waals surface area contributed by atoms with Crippen LogP contribution in [0.15, 0.2) is 12.1 Å². The van der Waals surface area contributed by atoms with Gasteiger partial charge in [0, 0.05) is 11.4 Å². The maximum absolute atomic E-state index is 12.1. The van der Waals surface area contributed by atoms with Gasteiger partial charge in [0.25, 0.3) is 5.91 Å². The van der Waals surface area contributed by atoms with Gasteiger partial charge in [-0.1, -0.05) is 0 Å². The van der Waals surface area contributed by atoms with Gasteiger partial charge >= 0.3 is 5.97 Å². The second kappa shape index (κ2) is 6.71. The summed E-state index contributed by atoms with van der Waals surface area (Å²) in [4.78, 5) is 38.1. The van der Waals surface area contributed by atoms with E-state index in [4.69, 9.17) is 10.5 Å². The van der Waals surface area contributed by atoms with Crippen LogP contribution in [0.2, 0.25) is 0 Å². The van der Waals surface area contributed by atoms with Crippen LogP contribution in [-0.4, -0.2) is 41.9 Å². The normalized spacial score (nSPS) is 18.3. The Balaban J connectivity index is 1.91. The zero-order valence-electron chi connectivity index (χ0n) is 11.8. The molecule has 0 radical (unpaired) electrons. The van der Waals surface area contributed by atoms with E-state index in [2.05, 4.69) is 0 Å². The maximum Gasteiger partial charge on any atom is 0.348 e. The monoisotopic (exact) mass is 310 g/mol. The van der Waals surface area contributed by atoms with Gasteiger partial charge in [0.05, 0.1) is 0 Å². The number of thiophene rings is 1. The Kier molecular flexibility index (Phi) is 4.95. The molecule has 1 aromatic heterocycles. The highest BCUT2D eigenvalue weighted by atomic mass is 32.1. The van der Waals surface area contributed by atoms with Gasteiger partial charge in [-0.05, 0) is 38.3 Å². The standard InChI is InChI=1S/C14H18N2O4S/c1-9-5-6-11(21-9)14(19)20-8-12(17)16-7-3-2-4-10(16)13(15)18/h5-6,10H,2-4,7-8H2,1H3,(H2,15,18)/t10-/m1/s1. The number of esters is 1. The second-order valence-electron chi connectivity index (χ2n) is 4.99. The highest BCUT2D eigenvalue weighted by Gasteiger charge is 2.31. The molecule has 1 atom stereocenters. The van der Waals surface area contributed by atoms with Crippen molar-refractivity contribution in [3.05, 3.63) is 21.9 Å². The molecule has 6 nitrogen and oxygen atoms in total. The molecule has 0 aliphatic carbocycles. The van der Waals surface area contributed by atoms with Gasteiger partial charge in [-0.25, -0.2) is 4.79 Å². The average molecular weight is 310 g/mol. The second-order valence-corrected chi connectivity index (χ2v) is 6.28. The number of ether oxygens (including phenoxy) is 1. The first-order chi connectivity index (χ1) is 9.99. The van der Waals surface area contributed by atoms with Crippen LogP contribution < -0.4 is 5.73 Å². The molecule has 0 spiro atoms. The first-order valence-electron chi connectivity index (χ1n) is 6.81. The number of hydrogen-bond donors (Lipinski definition) is 1. The first-order valence-corrected chi connectivity index (χ1v) is 7.63. The zero-order chi connectivity index (χ0) is 15.4. The zero-order valence-corrected chi connectivity index (χ0v) is 12.6. The number of carbonyl (C=O) groups excluding carboxylic acids is 3. The molecule has 7 heteroatoms. The van der Waals surface area contributed by atoms with Gasteiger partial charge in [-0.3, -0.25) is 9.59 Å². The van der Waals surface area contributed by atoms with Gasteiger partial charge in [0.1, 0.15) is 10.9 Å². The molecule has 0 unspecified atom stereocenters. The number of aryl methyl sites for hydroxylation is 1. The Morgan fingerprint density at radius 1 is 1.38 bits per heavy atom. The van der Waals surface area contributed by atoms with Crippen LogP contribution in [0.1, 0.15) is 33.8 Å². The fourth-order valence-corrected chi connectivity index (χ4v) is 3.11. The van der Waals surface area contributed by atoms with E-state index in [-0.39, 0.29) is 12.5 Å². The van der Waals surface area contributed by atoms with E-state index in [1.54, 1.807) is 6.07 Å². The van der Waals surface area contributed by atoms with Gasteiger partial charge in [0.2, 0.25) is 5.91 Å². The predicted octanol–water partition coefficient (Wildman–Crippen LogP) is 1.08. The third kappa shape index (κ3) is 3.81. The minimum Gasteiger partial charge on any atom is -0.451 e. The lowest BCUT2D eigenvalue weighted by molar-refractivity contribution is -0.143. The molecule has 1 aliphatic heterocycles. The number of amides is 2. The number of nitrogens with two attached hydrogens (primary N) is 1.